The Bertz CT molecular complexity index is 766. The fourth-order valence-electron chi connectivity index (χ4n) is 2.00. The number of nitrogens with zero attached hydrogens (tertiary/aromatic N) is 3. The van der Waals surface area contributed by atoms with Crippen molar-refractivity contribution in [2.75, 3.05) is 0 Å². The number of aromatic nitrogens is 3. The predicted molar refractivity (Wildman–Crippen MR) is 70.9 cm³/mol. The maximum atomic E-state index is 11.2. The standard InChI is InChI=1S/C12H8ClN3O2S/c13-12-14-5-8(19-12)6-16-9(7-17)11(18)15-4-2-1-3-10(15)16/h1-5,7H,6H2/p+1. The summed E-state index contributed by atoms with van der Waals surface area (Å²) in [5.41, 5.74) is 0.961. The number of aromatic hydroxyl groups is 1. The van der Waals surface area contributed by atoms with Gasteiger partial charge in [-0.05, 0) is 6.07 Å². The van der Waals surface area contributed by atoms with Gasteiger partial charge in [-0.2, -0.15) is 4.40 Å². The van der Waals surface area contributed by atoms with Crippen LogP contribution in [-0.4, -0.2) is 20.9 Å². The highest BCUT2D eigenvalue weighted by Gasteiger charge is 2.25. The van der Waals surface area contributed by atoms with E-state index >= 15 is 0 Å². The van der Waals surface area contributed by atoms with E-state index in [1.165, 1.54) is 11.3 Å². The van der Waals surface area contributed by atoms with Crippen LogP contribution in [0.4, 0.5) is 0 Å². The van der Waals surface area contributed by atoms with Crippen molar-refractivity contribution in [2.45, 2.75) is 6.54 Å². The number of imidazole rings is 1. The van der Waals surface area contributed by atoms with Gasteiger partial charge in [0.1, 0.15) is 6.54 Å². The van der Waals surface area contributed by atoms with Gasteiger partial charge in [-0.1, -0.05) is 17.7 Å². The van der Waals surface area contributed by atoms with Gasteiger partial charge in [0, 0.05) is 12.3 Å². The van der Waals surface area contributed by atoms with Crippen molar-refractivity contribution in [1.29, 1.82) is 0 Å². The quantitative estimate of drug-likeness (QED) is 0.593. The van der Waals surface area contributed by atoms with Gasteiger partial charge >= 0.3 is 5.88 Å². The zero-order chi connectivity index (χ0) is 13.4. The summed E-state index contributed by atoms with van der Waals surface area (Å²) < 4.78 is 3.74. The van der Waals surface area contributed by atoms with Gasteiger partial charge in [0.25, 0.3) is 11.3 Å². The number of fused-ring (bicyclic) bond motifs is 1. The molecule has 1 N–H and O–H groups in total. The zero-order valence-electron chi connectivity index (χ0n) is 9.65. The van der Waals surface area contributed by atoms with Crippen molar-refractivity contribution >= 4 is 34.9 Å². The van der Waals surface area contributed by atoms with Crippen LogP contribution in [0, 0.1) is 0 Å². The third-order valence-corrected chi connectivity index (χ3v) is 3.91. The molecular weight excluding hydrogens is 286 g/mol. The van der Waals surface area contributed by atoms with Gasteiger partial charge in [-0.15, -0.1) is 11.3 Å². The molecule has 0 aromatic carbocycles. The molecule has 0 fully saturated rings. The summed E-state index contributed by atoms with van der Waals surface area (Å²) in [6, 6.07) is 5.46. The number of aldehydes is 1. The fraction of sp³-hybridized carbons (Fsp3) is 0.0833. The monoisotopic (exact) mass is 294 g/mol. The van der Waals surface area contributed by atoms with Crippen LogP contribution in [0.5, 0.6) is 5.88 Å². The molecule has 19 heavy (non-hydrogen) atoms. The van der Waals surface area contributed by atoms with E-state index in [-0.39, 0.29) is 11.6 Å². The number of hydrogen-bond acceptors (Lipinski definition) is 4. The van der Waals surface area contributed by atoms with Crippen LogP contribution in [0.1, 0.15) is 15.4 Å². The molecule has 0 bridgehead atoms. The molecule has 5 nitrogen and oxygen atoms in total. The van der Waals surface area contributed by atoms with Crippen LogP contribution in [0.15, 0.2) is 30.6 Å². The Kier molecular flexibility index (Phi) is 2.96. The van der Waals surface area contributed by atoms with Gasteiger partial charge in [0.05, 0.1) is 11.1 Å². The van der Waals surface area contributed by atoms with E-state index in [4.69, 9.17) is 11.6 Å². The summed E-state index contributed by atoms with van der Waals surface area (Å²) in [5.74, 6) is -0.0683. The molecule has 3 heterocycles. The lowest BCUT2D eigenvalue weighted by Gasteiger charge is -1.95. The van der Waals surface area contributed by atoms with Crippen molar-refractivity contribution in [3.8, 4) is 5.88 Å². The van der Waals surface area contributed by atoms with Crippen molar-refractivity contribution in [1.82, 2.24) is 9.55 Å². The van der Waals surface area contributed by atoms with Crippen molar-refractivity contribution in [3.63, 3.8) is 0 Å². The first kappa shape index (κ1) is 12.1. The van der Waals surface area contributed by atoms with E-state index in [1.54, 1.807) is 27.4 Å². The second-order valence-corrected chi connectivity index (χ2v) is 5.62. The Hall–Kier alpha value is -1.92. The highest BCUT2D eigenvalue weighted by atomic mass is 35.5. The average Bonchev–Trinajstić information content (AvgIpc) is 2.94. The summed E-state index contributed by atoms with van der Waals surface area (Å²) in [6.07, 6.45) is 4.01. The highest BCUT2D eigenvalue weighted by molar-refractivity contribution is 7.15. The Morgan fingerprint density at radius 1 is 1.53 bits per heavy atom. The van der Waals surface area contributed by atoms with Crippen molar-refractivity contribution < 1.29 is 14.3 Å². The number of hydrogen-bond donors (Lipinski definition) is 1. The van der Waals surface area contributed by atoms with Gasteiger partial charge in [-0.25, -0.2) is 9.55 Å². The van der Waals surface area contributed by atoms with Crippen LogP contribution >= 0.6 is 22.9 Å². The van der Waals surface area contributed by atoms with E-state index in [0.717, 1.165) is 10.5 Å². The lowest BCUT2D eigenvalue weighted by molar-refractivity contribution is -0.521. The van der Waals surface area contributed by atoms with E-state index in [1.807, 2.05) is 12.1 Å². The molecule has 0 aliphatic carbocycles. The Balaban J connectivity index is 2.18. The fourth-order valence-corrected chi connectivity index (χ4v) is 2.96. The second kappa shape index (κ2) is 4.64. The minimum Gasteiger partial charge on any atom is -0.474 e. The summed E-state index contributed by atoms with van der Waals surface area (Å²) in [5, 5.41) is 10.0. The molecule has 0 aliphatic heterocycles. The molecule has 0 atom stereocenters. The number of rotatable bonds is 3. The normalized spacial score (nSPS) is 11.0. The number of carbonyl (C=O) groups is 1. The number of halogens is 1. The molecule has 0 saturated heterocycles. The maximum absolute atomic E-state index is 11.2. The van der Waals surface area contributed by atoms with Gasteiger partial charge in [-0.3, -0.25) is 4.79 Å². The molecular formula is C12H9ClN3O2S+. The second-order valence-electron chi connectivity index (χ2n) is 3.92. The molecule has 0 amide bonds. The summed E-state index contributed by atoms with van der Waals surface area (Å²) in [4.78, 5) is 16.1. The lowest BCUT2D eigenvalue weighted by atomic mass is 10.4. The third-order valence-electron chi connectivity index (χ3n) is 2.81. The molecule has 96 valence electrons. The highest BCUT2D eigenvalue weighted by Crippen LogP contribution is 2.22. The average molecular weight is 295 g/mol. The molecule has 0 saturated carbocycles. The summed E-state index contributed by atoms with van der Waals surface area (Å²) in [7, 11) is 0. The SMILES string of the molecule is O=Cc1c(O)[n+]2ccccc2n1Cc1cnc(Cl)s1. The minimum absolute atomic E-state index is 0.0683. The number of pyridine rings is 1. The van der Waals surface area contributed by atoms with Crippen molar-refractivity contribution in [2.24, 2.45) is 0 Å². The van der Waals surface area contributed by atoms with Gasteiger partial charge in [0.15, 0.2) is 10.8 Å². The van der Waals surface area contributed by atoms with Crippen molar-refractivity contribution in [3.05, 3.63) is 45.6 Å². The first-order valence-corrected chi connectivity index (χ1v) is 6.67. The first-order valence-electron chi connectivity index (χ1n) is 5.48. The van der Waals surface area contributed by atoms with Crippen LogP contribution in [0.25, 0.3) is 5.65 Å². The lowest BCUT2D eigenvalue weighted by Crippen LogP contribution is -2.19. The molecule has 0 unspecified atom stereocenters. The minimum atomic E-state index is -0.0683. The predicted octanol–water partition coefficient (Wildman–Crippen LogP) is 1.90. The topological polar surface area (TPSA) is 59.2 Å². The molecule has 0 aliphatic rings. The summed E-state index contributed by atoms with van der Waals surface area (Å²) >= 11 is 7.14. The molecule has 7 heteroatoms. The largest absolute Gasteiger partial charge is 0.474 e. The molecule has 3 rings (SSSR count). The van der Waals surface area contributed by atoms with E-state index in [2.05, 4.69) is 4.98 Å². The van der Waals surface area contributed by atoms with Crippen LogP contribution in [0.3, 0.4) is 0 Å². The smallest absolute Gasteiger partial charge is 0.338 e. The third kappa shape index (κ3) is 1.98. The molecule has 3 aromatic rings. The number of carbonyl (C=O) groups excluding carboxylic acids is 1. The molecule has 3 aromatic heterocycles. The Morgan fingerprint density at radius 2 is 2.37 bits per heavy atom. The Morgan fingerprint density at radius 3 is 3.05 bits per heavy atom. The maximum Gasteiger partial charge on any atom is 0.338 e. The van der Waals surface area contributed by atoms with E-state index in [0.29, 0.717) is 17.3 Å². The van der Waals surface area contributed by atoms with Crippen LogP contribution < -0.4 is 4.40 Å². The van der Waals surface area contributed by atoms with E-state index < -0.39 is 0 Å². The first-order chi connectivity index (χ1) is 9.20. The summed E-state index contributed by atoms with van der Waals surface area (Å²) in [6.45, 7) is 0.437. The molecule has 0 radical (unpaired) electrons. The van der Waals surface area contributed by atoms with Crippen LogP contribution in [-0.2, 0) is 6.54 Å². The van der Waals surface area contributed by atoms with Crippen LogP contribution in [0.2, 0.25) is 4.47 Å². The molecule has 0 spiro atoms. The Labute approximate surface area is 117 Å². The zero-order valence-corrected chi connectivity index (χ0v) is 11.2. The van der Waals surface area contributed by atoms with E-state index in [9.17, 15) is 9.90 Å². The van der Waals surface area contributed by atoms with Gasteiger partial charge in [0.2, 0.25) is 0 Å². The van der Waals surface area contributed by atoms with Gasteiger partial charge < -0.3 is 5.11 Å². The number of thiazole rings is 1.